The summed E-state index contributed by atoms with van der Waals surface area (Å²) in [5.41, 5.74) is 3.17. The van der Waals surface area contributed by atoms with E-state index in [-0.39, 0.29) is 5.69 Å². The van der Waals surface area contributed by atoms with Gasteiger partial charge in [-0.3, -0.25) is 4.79 Å². The summed E-state index contributed by atoms with van der Waals surface area (Å²) >= 11 is 0. The fraction of sp³-hybridized carbons (Fsp3) is 0.211. The van der Waals surface area contributed by atoms with E-state index in [1.807, 2.05) is 45.9 Å². The monoisotopic (exact) mass is 356 g/mol. The number of rotatable bonds is 3. The Balaban J connectivity index is 0.00000117. The number of aromatic hydroxyl groups is 1. The molecule has 0 radical (unpaired) electrons. The van der Waals surface area contributed by atoms with Crippen LogP contribution in [0.25, 0.3) is 5.69 Å². The van der Waals surface area contributed by atoms with Crippen molar-refractivity contribution >= 4 is 11.6 Å². The summed E-state index contributed by atoms with van der Waals surface area (Å²) in [6.07, 6.45) is 1.41. The summed E-state index contributed by atoms with van der Waals surface area (Å²) in [7, 11) is 0. The maximum atomic E-state index is 13.1. The molecule has 6 nitrogen and oxygen atoms in total. The number of amides is 1. The lowest BCUT2D eigenvalue weighted by Gasteiger charge is -2.07. The number of hydrogen-bond donors (Lipinski definition) is 2. The summed E-state index contributed by atoms with van der Waals surface area (Å²) in [5, 5.41) is 19.9. The highest BCUT2D eigenvalue weighted by molar-refractivity contribution is 6.03. The summed E-state index contributed by atoms with van der Waals surface area (Å²) in [5.74, 6) is -1.63. The zero-order valence-corrected chi connectivity index (χ0v) is 15.1. The van der Waals surface area contributed by atoms with E-state index in [2.05, 4.69) is 15.6 Å². The number of anilines is 1. The third kappa shape index (κ3) is 4.24. The third-order valence-corrected chi connectivity index (χ3v) is 3.56. The van der Waals surface area contributed by atoms with Gasteiger partial charge in [-0.2, -0.15) is 0 Å². The van der Waals surface area contributed by atoms with Gasteiger partial charge < -0.3 is 10.4 Å². The second-order valence-electron chi connectivity index (χ2n) is 5.46. The number of halogens is 1. The lowest BCUT2D eigenvalue weighted by Crippen LogP contribution is -2.13. The quantitative estimate of drug-likeness (QED) is 0.743. The molecule has 2 N–H and O–H groups in total. The average molecular weight is 356 g/mol. The van der Waals surface area contributed by atoms with Crippen molar-refractivity contribution in [3.05, 3.63) is 65.2 Å². The van der Waals surface area contributed by atoms with E-state index in [0.717, 1.165) is 17.2 Å². The number of nitrogens with zero attached hydrogens (tertiary/aromatic N) is 3. The van der Waals surface area contributed by atoms with Crippen LogP contribution < -0.4 is 5.32 Å². The highest BCUT2D eigenvalue weighted by Gasteiger charge is 2.13. The summed E-state index contributed by atoms with van der Waals surface area (Å²) in [6, 6.07) is 9.50. The molecule has 1 amide bonds. The van der Waals surface area contributed by atoms with Crippen LogP contribution in [0.1, 0.15) is 35.5 Å². The molecule has 0 atom stereocenters. The first-order valence-electron chi connectivity index (χ1n) is 8.24. The van der Waals surface area contributed by atoms with Crippen LogP contribution in [0, 0.1) is 19.7 Å². The maximum absolute atomic E-state index is 13.1. The number of hydrogen-bond acceptors (Lipinski definition) is 4. The minimum absolute atomic E-state index is 0.111. The van der Waals surface area contributed by atoms with E-state index in [1.165, 1.54) is 23.0 Å². The highest BCUT2D eigenvalue weighted by Crippen LogP contribution is 2.20. The van der Waals surface area contributed by atoms with Crippen LogP contribution in [0.5, 0.6) is 5.75 Å². The SMILES string of the molecule is CC.Cc1ccc(C)c(NC(=O)c2cn(-c3ccc(F)c(O)c3)nn2)c1. The number of phenolic OH excluding ortho intramolecular Hbond substituents is 1. The van der Waals surface area contributed by atoms with Crippen LogP contribution in [-0.2, 0) is 0 Å². The summed E-state index contributed by atoms with van der Waals surface area (Å²) < 4.78 is 14.4. The Morgan fingerprint density at radius 2 is 1.88 bits per heavy atom. The van der Waals surface area contributed by atoms with Crippen molar-refractivity contribution < 1.29 is 14.3 Å². The van der Waals surface area contributed by atoms with Crippen molar-refractivity contribution in [1.29, 1.82) is 0 Å². The summed E-state index contributed by atoms with van der Waals surface area (Å²) in [4.78, 5) is 12.3. The number of nitrogens with one attached hydrogen (secondary N) is 1. The molecule has 0 bridgehead atoms. The molecule has 0 spiro atoms. The minimum Gasteiger partial charge on any atom is -0.505 e. The second-order valence-corrected chi connectivity index (χ2v) is 5.46. The van der Waals surface area contributed by atoms with E-state index in [9.17, 15) is 14.3 Å². The minimum atomic E-state index is -0.730. The number of phenols is 1. The Hall–Kier alpha value is -3.22. The molecule has 26 heavy (non-hydrogen) atoms. The van der Waals surface area contributed by atoms with Gasteiger partial charge in [0.2, 0.25) is 0 Å². The fourth-order valence-corrected chi connectivity index (χ4v) is 2.19. The van der Waals surface area contributed by atoms with E-state index in [0.29, 0.717) is 11.4 Å². The number of aryl methyl sites for hydroxylation is 2. The zero-order chi connectivity index (χ0) is 19.3. The molecular formula is C19H21FN4O2. The lowest BCUT2D eigenvalue weighted by atomic mass is 10.1. The van der Waals surface area contributed by atoms with E-state index >= 15 is 0 Å². The van der Waals surface area contributed by atoms with Crippen molar-refractivity contribution in [3.63, 3.8) is 0 Å². The van der Waals surface area contributed by atoms with Crippen LogP contribution in [0.3, 0.4) is 0 Å². The van der Waals surface area contributed by atoms with Crippen molar-refractivity contribution in [2.45, 2.75) is 27.7 Å². The molecular weight excluding hydrogens is 335 g/mol. The Morgan fingerprint density at radius 1 is 1.15 bits per heavy atom. The number of benzene rings is 2. The molecule has 3 aromatic rings. The van der Waals surface area contributed by atoms with Gasteiger partial charge in [0, 0.05) is 11.8 Å². The molecule has 7 heteroatoms. The number of aromatic nitrogens is 3. The van der Waals surface area contributed by atoms with Crippen LogP contribution in [0.4, 0.5) is 10.1 Å². The predicted octanol–water partition coefficient (Wildman–Crippen LogP) is 4.01. The number of carbonyl (C=O) groups is 1. The van der Waals surface area contributed by atoms with Crippen molar-refractivity contribution in [2.24, 2.45) is 0 Å². The van der Waals surface area contributed by atoms with Crippen molar-refractivity contribution in [3.8, 4) is 11.4 Å². The first-order chi connectivity index (χ1) is 12.4. The Morgan fingerprint density at radius 3 is 2.58 bits per heavy atom. The van der Waals surface area contributed by atoms with E-state index < -0.39 is 17.5 Å². The van der Waals surface area contributed by atoms with Gasteiger partial charge in [0.25, 0.3) is 5.91 Å². The van der Waals surface area contributed by atoms with Crippen molar-refractivity contribution in [2.75, 3.05) is 5.32 Å². The topological polar surface area (TPSA) is 80.0 Å². The van der Waals surface area contributed by atoms with Crippen LogP contribution >= 0.6 is 0 Å². The van der Waals surface area contributed by atoms with Crippen LogP contribution in [0.2, 0.25) is 0 Å². The van der Waals surface area contributed by atoms with Gasteiger partial charge in [-0.05, 0) is 43.2 Å². The Kier molecular flexibility index (Phi) is 6.06. The molecule has 2 aromatic carbocycles. The molecule has 136 valence electrons. The standard InChI is InChI=1S/C17H15FN4O2.C2H6/c1-10-3-4-11(2)14(7-10)19-17(24)15-9-22(21-20-15)12-5-6-13(18)16(23)8-12;1-2/h3-9,23H,1-2H3,(H,19,24);1-2H3. The average Bonchev–Trinajstić information content (AvgIpc) is 3.12. The first kappa shape index (κ1) is 19.1. The van der Waals surface area contributed by atoms with E-state index in [1.54, 1.807) is 0 Å². The molecule has 0 saturated carbocycles. The fourth-order valence-electron chi connectivity index (χ4n) is 2.19. The lowest BCUT2D eigenvalue weighted by molar-refractivity contribution is 0.102. The van der Waals surface area contributed by atoms with Gasteiger partial charge in [0.15, 0.2) is 17.3 Å². The molecule has 0 saturated heterocycles. The molecule has 0 aliphatic heterocycles. The molecule has 0 aliphatic rings. The highest BCUT2D eigenvalue weighted by atomic mass is 19.1. The second kappa shape index (κ2) is 8.24. The molecule has 3 rings (SSSR count). The normalized spacial score (nSPS) is 10.0. The number of carbonyl (C=O) groups excluding carboxylic acids is 1. The molecule has 0 aliphatic carbocycles. The van der Waals surface area contributed by atoms with Crippen molar-refractivity contribution in [1.82, 2.24) is 15.0 Å². The third-order valence-electron chi connectivity index (χ3n) is 3.56. The Labute approximate surface area is 151 Å². The molecule has 0 unspecified atom stereocenters. The molecule has 0 fully saturated rings. The van der Waals surface area contributed by atoms with Crippen LogP contribution in [-0.4, -0.2) is 26.0 Å². The van der Waals surface area contributed by atoms with Gasteiger partial charge >= 0.3 is 0 Å². The summed E-state index contributed by atoms with van der Waals surface area (Å²) in [6.45, 7) is 7.83. The van der Waals surface area contributed by atoms with Gasteiger partial charge in [0.05, 0.1) is 11.9 Å². The predicted molar refractivity (Wildman–Crippen MR) is 98.2 cm³/mol. The smallest absolute Gasteiger partial charge is 0.277 e. The first-order valence-corrected chi connectivity index (χ1v) is 8.24. The van der Waals surface area contributed by atoms with Gasteiger partial charge in [-0.25, -0.2) is 9.07 Å². The Bertz CT molecular complexity index is 922. The zero-order valence-electron chi connectivity index (χ0n) is 15.1. The molecule has 1 heterocycles. The van der Waals surface area contributed by atoms with Gasteiger partial charge in [-0.15, -0.1) is 5.10 Å². The van der Waals surface area contributed by atoms with Gasteiger partial charge in [0.1, 0.15) is 0 Å². The largest absolute Gasteiger partial charge is 0.505 e. The van der Waals surface area contributed by atoms with E-state index in [4.69, 9.17) is 0 Å². The maximum Gasteiger partial charge on any atom is 0.277 e. The van der Waals surface area contributed by atoms with Gasteiger partial charge in [-0.1, -0.05) is 31.2 Å². The molecule has 1 aromatic heterocycles. The van der Waals surface area contributed by atoms with Crippen LogP contribution in [0.15, 0.2) is 42.6 Å².